The molecular formula is C24H45NO5. The molecule has 0 aliphatic rings. The van der Waals surface area contributed by atoms with Gasteiger partial charge in [0.1, 0.15) is 0 Å². The van der Waals surface area contributed by atoms with Crippen molar-refractivity contribution in [2.75, 3.05) is 13.1 Å². The van der Waals surface area contributed by atoms with Crippen LogP contribution in [0.25, 0.3) is 0 Å². The second kappa shape index (κ2) is 20.7. The lowest BCUT2D eigenvalue weighted by atomic mass is 10.0. The van der Waals surface area contributed by atoms with Crippen LogP contribution in [0.4, 0.5) is 0 Å². The van der Waals surface area contributed by atoms with Crippen LogP contribution < -0.4 is 0 Å². The number of hydrogen-bond donors (Lipinski definition) is 2. The average Bonchev–Trinajstić information content (AvgIpc) is 2.70. The van der Waals surface area contributed by atoms with Crippen molar-refractivity contribution in [3.05, 3.63) is 0 Å². The molecule has 0 aromatic heterocycles. The molecule has 6 heteroatoms. The fraction of sp³-hybridized carbons (Fsp3) is 0.875. The molecule has 0 spiro atoms. The van der Waals surface area contributed by atoms with Gasteiger partial charge < -0.3 is 15.1 Å². The molecule has 6 nitrogen and oxygen atoms in total. The lowest BCUT2D eigenvalue weighted by Gasteiger charge is -2.21. The normalized spacial score (nSPS) is 10.8. The van der Waals surface area contributed by atoms with Crippen molar-refractivity contribution in [2.45, 2.75) is 122 Å². The molecule has 30 heavy (non-hydrogen) atoms. The highest BCUT2D eigenvalue weighted by Gasteiger charge is 2.15. The molecule has 0 saturated heterocycles. The van der Waals surface area contributed by atoms with Gasteiger partial charge in [0, 0.05) is 19.5 Å². The Morgan fingerprint density at radius 1 is 0.533 bits per heavy atom. The van der Waals surface area contributed by atoms with Crippen molar-refractivity contribution in [1.82, 2.24) is 4.90 Å². The molecule has 2 N–H and O–H groups in total. The van der Waals surface area contributed by atoms with Crippen molar-refractivity contribution in [1.29, 1.82) is 0 Å². The Hall–Kier alpha value is -1.59. The van der Waals surface area contributed by atoms with Crippen molar-refractivity contribution in [3.8, 4) is 0 Å². The molecule has 0 heterocycles. The molecule has 0 aliphatic carbocycles. The first-order valence-electron chi connectivity index (χ1n) is 12.2. The van der Waals surface area contributed by atoms with E-state index in [1.54, 1.807) is 0 Å². The van der Waals surface area contributed by atoms with Crippen LogP contribution in [-0.4, -0.2) is 46.0 Å². The number of unbranched alkanes of at least 4 members (excludes halogenated alkanes) is 14. The third-order valence-corrected chi connectivity index (χ3v) is 5.54. The van der Waals surface area contributed by atoms with E-state index in [4.69, 9.17) is 10.2 Å². The first-order chi connectivity index (χ1) is 14.5. The summed E-state index contributed by atoms with van der Waals surface area (Å²) in [5, 5.41) is 17.6. The van der Waals surface area contributed by atoms with E-state index in [-0.39, 0.29) is 31.8 Å². The third-order valence-electron chi connectivity index (χ3n) is 5.54. The van der Waals surface area contributed by atoms with Crippen molar-refractivity contribution < 1.29 is 24.6 Å². The maximum absolute atomic E-state index is 12.2. The van der Waals surface area contributed by atoms with Crippen molar-refractivity contribution in [2.24, 2.45) is 0 Å². The lowest BCUT2D eigenvalue weighted by molar-refractivity contribution is -0.139. The van der Waals surface area contributed by atoms with Gasteiger partial charge in [0.2, 0.25) is 5.91 Å². The second-order valence-electron chi connectivity index (χ2n) is 8.37. The molecular weight excluding hydrogens is 382 g/mol. The molecule has 0 aromatic rings. The van der Waals surface area contributed by atoms with Crippen LogP contribution in [-0.2, 0) is 14.4 Å². The lowest BCUT2D eigenvalue weighted by Crippen LogP contribution is -2.34. The average molecular weight is 428 g/mol. The number of amides is 1. The number of carboxylic acids is 2. The largest absolute Gasteiger partial charge is 0.481 e. The van der Waals surface area contributed by atoms with Gasteiger partial charge in [-0.3, -0.25) is 14.4 Å². The Kier molecular flexibility index (Phi) is 19.6. The molecule has 0 bridgehead atoms. The smallest absolute Gasteiger partial charge is 0.305 e. The van der Waals surface area contributed by atoms with E-state index in [2.05, 4.69) is 6.92 Å². The summed E-state index contributed by atoms with van der Waals surface area (Å²) in [5.74, 6) is -2.09. The van der Waals surface area contributed by atoms with Crippen LogP contribution in [0.1, 0.15) is 122 Å². The fourth-order valence-electron chi connectivity index (χ4n) is 3.63. The predicted molar refractivity (Wildman–Crippen MR) is 121 cm³/mol. The summed E-state index contributed by atoms with van der Waals surface area (Å²) in [6.07, 6.45) is 19.0. The zero-order valence-electron chi connectivity index (χ0n) is 19.2. The topological polar surface area (TPSA) is 94.9 Å². The summed E-state index contributed by atoms with van der Waals surface area (Å²) >= 11 is 0. The van der Waals surface area contributed by atoms with E-state index in [1.165, 1.54) is 81.9 Å². The number of rotatable bonds is 22. The number of aliphatic carboxylic acids is 2. The number of carbonyl (C=O) groups excluding carboxylic acids is 1. The SMILES string of the molecule is CCCCCCCCCCCCCCCCCC(=O)N(CCC(=O)O)CCC(=O)O. The monoisotopic (exact) mass is 427 g/mol. The first-order valence-corrected chi connectivity index (χ1v) is 12.2. The zero-order chi connectivity index (χ0) is 22.5. The molecule has 1 amide bonds. The van der Waals surface area contributed by atoms with Crippen LogP contribution in [0, 0.1) is 0 Å². The third kappa shape index (κ3) is 19.7. The Morgan fingerprint density at radius 3 is 1.20 bits per heavy atom. The summed E-state index contributed by atoms with van der Waals surface area (Å²) < 4.78 is 0. The molecule has 0 aromatic carbocycles. The molecule has 0 aliphatic heterocycles. The van der Waals surface area contributed by atoms with Gasteiger partial charge in [-0.25, -0.2) is 0 Å². The maximum atomic E-state index is 12.2. The summed E-state index contributed by atoms with van der Waals surface area (Å²) in [5.41, 5.74) is 0. The summed E-state index contributed by atoms with van der Waals surface area (Å²) in [6, 6.07) is 0. The summed E-state index contributed by atoms with van der Waals surface area (Å²) in [4.78, 5) is 35.1. The maximum Gasteiger partial charge on any atom is 0.305 e. The van der Waals surface area contributed by atoms with E-state index in [1.807, 2.05) is 0 Å². The number of carbonyl (C=O) groups is 3. The number of carboxylic acid groups (broad SMARTS) is 2. The number of hydrogen-bond acceptors (Lipinski definition) is 3. The Bertz CT molecular complexity index is 435. The molecule has 176 valence electrons. The van der Waals surface area contributed by atoms with Gasteiger partial charge in [0.25, 0.3) is 0 Å². The molecule has 0 unspecified atom stereocenters. The zero-order valence-corrected chi connectivity index (χ0v) is 19.2. The van der Waals surface area contributed by atoms with Gasteiger partial charge in [-0.15, -0.1) is 0 Å². The van der Waals surface area contributed by atoms with Gasteiger partial charge in [0.15, 0.2) is 0 Å². The van der Waals surface area contributed by atoms with Crippen LogP contribution in [0.5, 0.6) is 0 Å². The predicted octanol–water partition coefficient (Wildman–Crippen LogP) is 6.03. The highest BCUT2D eigenvalue weighted by Crippen LogP contribution is 2.14. The minimum atomic E-state index is -0.977. The standard InChI is InChI=1S/C24H45NO5/c1-2-3-4-5-6-7-8-9-10-11-12-13-14-15-16-17-22(26)25(20-18-23(27)28)21-19-24(29)30/h2-21H2,1H3,(H,27,28)(H,29,30). The Morgan fingerprint density at radius 2 is 0.867 bits per heavy atom. The molecule has 0 saturated carbocycles. The van der Waals surface area contributed by atoms with Gasteiger partial charge in [-0.2, -0.15) is 0 Å². The molecule has 0 fully saturated rings. The minimum absolute atomic E-state index is 0.0835. The van der Waals surface area contributed by atoms with Crippen LogP contribution >= 0.6 is 0 Å². The molecule has 0 atom stereocenters. The van der Waals surface area contributed by atoms with Crippen LogP contribution in [0.3, 0.4) is 0 Å². The highest BCUT2D eigenvalue weighted by molar-refractivity contribution is 5.77. The van der Waals surface area contributed by atoms with E-state index < -0.39 is 11.9 Å². The second-order valence-corrected chi connectivity index (χ2v) is 8.37. The van der Waals surface area contributed by atoms with Gasteiger partial charge in [-0.05, 0) is 6.42 Å². The molecule has 0 rings (SSSR count). The van der Waals surface area contributed by atoms with E-state index in [0.29, 0.717) is 6.42 Å². The first kappa shape index (κ1) is 28.4. The van der Waals surface area contributed by atoms with Gasteiger partial charge in [-0.1, -0.05) is 96.8 Å². The fourth-order valence-corrected chi connectivity index (χ4v) is 3.63. The van der Waals surface area contributed by atoms with Crippen LogP contribution in [0.15, 0.2) is 0 Å². The Labute approximate surface area is 183 Å². The quantitative estimate of drug-likeness (QED) is 0.206. The number of nitrogens with zero attached hydrogens (tertiary/aromatic N) is 1. The van der Waals surface area contributed by atoms with E-state index >= 15 is 0 Å². The van der Waals surface area contributed by atoms with Crippen molar-refractivity contribution in [3.63, 3.8) is 0 Å². The highest BCUT2D eigenvalue weighted by atomic mass is 16.4. The minimum Gasteiger partial charge on any atom is -0.481 e. The van der Waals surface area contributed by atoms with Crippen molar-refractivity contribution >= 4 is 17.8 Å². The Balaban J connectivity index is 3.60. The van der Waals surface area contributed by atoms with E-state index in [0.717, 1.165) is 19.3 Å². The summed E-state index contributed by atoms with van der Waals surface area (Å²) in [7, 11) is 0. The van der Waals surface area contributed by atoms with Gasteiger partial charge >= 0.3 is 11.9 Å². The summed E-state index contributed by atoms with van der Waals surface area (Å²) in [6.45, 7) is 2.42. The van der Waals surface area contributed by atoms with E-state index in [9.17, 15) is 14.4 Å². The molecule has 0 radical (unpaired) electrons. The van der Waals surface area contributed by atoms with Crippen LogP contribution in [0.2, 0.25) is 0 Å². The van der Waals surface area contributed by atoms with Gasteiger partial charge in [0.05, 0.1) is 12.8 Å².